The molecule has 1 aromatic heterocycles. The maximum Gasteiger partial charge on any atom is 0.255 e. The topological polar surface area (TPSA) is 125 Å². The summed E-state index contributed by atoms with van der Waals surface area (Å²) in [4.78, 5) is 29.1. The lowest BCUT2D eigenvalue weighted by Gasteiger charge is -2.17. The molecule has 0 radical (unpaired) electrons. The number of phenols is 1. The van der Waals surface area contributed by atoms with Crippen molar-refractivity contribution in [3.8, 4) is 5.75 Å². The van der Waals surface area contributed by atoms with Crippen molar-refractivity contribution in [1.82, 2.24) is 4.98 Å². The quantitative estimate of drug-likeness (QED) is 0.261. The molecule has 1 unspecified atom stereocenters. The first-order valence-corrected chi connectivity index (χ1v) is 12.9. The Morgan fingerprint density at radius 1 is 0.971 bits per heavy atom. The summed E-state index contributed by atoms with van der Waals surface area (Å²) in [5.41, 5.74) is 0.891. The largest absolute Gasteiger partial charge is 0.506 e. The third kappa shape index (κ3) is 6.24. The molecule has 0 saturated carbocycles. The summed E-state index contributed by atoms with van der Waals surface area (Å²) in [6.07, 6.45) is 0.0108. The number of carbonyl (C=O) groups is 2. The lowest BCUT2D eigenvalue weighted by atomic mass is 10.2. The molecule has 12 heteroatoms. The number of nitrogens with zero attached hydrogens (tertiary/aromatic N) is 1. The van der Waals surface area contributed by atoms with Crippen molar-refractivity contribution in [3.63, 3.8) is 0 Å². The number of benzene rings is 2. The zero-order valence-electron chi connectivity index (χ0n) is 18.5. The molecule has 3 rings (SSSR count). The average molecular weight is 557 g/mol. The summed E-state index contributed by atoms with van der Waals surface area (Å²) in [7, 11) is -3.97. The molecule has 2 aromatic carbocycles. The van der Waals surface area contributed by atoms with Crippen LogP contribution in [-0.2, 0) is 14.6 Å². The van der Waals surface area contributed by atoms with E-state index in [4.69, 9.17) is 34.8 Å². The molecule has 3 aromatic rings. The van der Waals surface area contributed by atoms with Crippen molar-refractivity contribution in [3.05, 3.63) is 75.0 Å². The lowest BCUT2D eigenvalue weighted by Crippen LogP contribution is -2.34. The van der Waals surface area contributed by atoms with Gasteiger partial charge in [-0.1, -0.05) is 59.4 Å². The van der Waals surface area contributed by atoms with Gasteiger partial charge in [0, 0.05) is 11.6 Å². The Morgan fingerprint density at radius 3 is 2.14 bits per heavy atom. The van der Waals surface area contributed by atoms with Crippen LogP contribution in [0, 0.1) is 6.92 Å². The zero-order chi connectivity index (χ0) is 25.9. The summed E-state index contributed by atoms with van der Waals surface area (Å²) in [6.45, 7) is 3.40. The monoisotopic (exact) mass is 555 g/mol. The van der Waals surface area contributed by atoms with Gasteiger partial charge in [0.05, 0.1) is 21.3 Å². The van der Waals surface area contributed by atoms with Crippen molar-refractivity contribution in [2.45, 2.75) is 30.4 Å². The average Bonchev–Trinajstić information content (AvgIpc) is 2.77. The van der Waals surface area contributed by atoms with E-state index in [2.05, 4.69) is 15.6 Å². The van der Waals surface area contributed by atoms with Crippen LogP contribution in [0.5, 0.6) is 5.75 Å². The molecule has 0 bridgehead atoms. The van der Waals surface area contributed by atoms with Gasteiger partial charge in [0.1, 0.15) is 21.3 Å². The molecular weight excluding hydrogens is 537 g/mol. The minimum absolute atomic E-state index is 0.00836. The molecule has 1 atom stereocenters. The Labute approximate surface area is 217 Å². The van der Waals surface area contributed by atoms with E-state index in [1.165, 1.54) is 30.3 Å². The molecular formula is C23H20Cl3N3O5S. The van der Waals surface area contributed by atoms with Crippen LogP contribution >= 0.6 is 34.8 Å². The highest BCUT2D eigenvalue weighted by Gasteiger charge is 2.33. The van der Waals surface area contributed by atoms with Crippen LogP contribution in [0.25, 0.3) is 0 Å². The van der Waals surface area contributed by atoms with Crippen LogP contribution in [-0.4, -0.2) is 35.6 Å². The van der Waals surface area contributed by atoms with Gasteiger partial charge >= 0.3 is 0 Å². The molecule has 0 aliphatic rings. The summed E-state index contributed by atoms with van der Waals surface area (Å²) in [5.74, 6) is -1.87. The molecule has 35 heavy (non-hydrogen) atoms. The van der Waals surface area contributed by atoms with Gasteiger partial charge in [-0.05, 0) is 43.7 Å². The molecule has 2 amide bonds. The lowest BCUT2D eigenvalue weighted by molar-refractivity contribution is -0.115. The highest BCUT2D eigenvalue weighted by Crippen LogP contribution is 2.35. The number of aromatic hydroxyl groups is 1. The summed E-state index contributed by atoms with van der Waals surface area (Å²) in [5, 5.41) is 13.9. The van der Waals surface area contributed by atoms with Gasteiger partial charge in [0.25, 0.3) is 5.91 Å². The molecule has 0 saturated heterocycles. The number of anilines is 2. The van der Waals surface area contributed by atoms with E-state index < -0.39 is 32.7 Å². The predicted molar refractivity (Wildman–Crippen MR) is 136 cm³/mol. The van der Waals surface area contributed by atoms with Crippen molar-refractivity contribution < 1.29 is 23.1 Å². The molecule has 0 aliphatic carbocycles. The summed E-state index contributed by atoms with van der Waals surface area (Å²) >= 11 is 17.9. The van der Waals surface area contributed by atoms with Crippen LogP contribution in [0.15, 0.2) is 53.4 Å². The Kier molecular flexibility index (Phi) is 8.27. The number of aryl methyl sites for hydroxylation is 1. The Bertz CT molecular complexity index is 1380. The third-order valence-corrected chi connectivity index (χ3v) is 7.93. The van der Waals surface area contributed by atoms with Crippen molar-refractivity contribution in [2.24, 2.45) is 0 Å². The van der Waals surface area contributed by atoms with E-state index in [0.717, 1.165) is 11.6 Å². The Hall–Kier alpha value is -2.85. The minimum atomic E-state index is -3.97. The van der Waals surface area contributed by atoms with E-state index in [1.54, 1.807) is 19.1 Å². The molecule has 184 valence electrons. The van der Waals surface area contributed by atoms with Crippen LogP contribution < -0.4 is 10.6 Å². The number of phenolic OH excluding ortho intramolecular Hbond substituents is 1. The van der Waals surface area contributed by atoms with Gasteiger partial charge in [-0.25, -0.2) is 13.4 Å². The van der Waals surface area contributed by atoms with E-state index in [9.17, 15) is 23.1 Å². The number of aromatic nitrogens is 1. The van der Waals surface area contributed by atoms with E-state index in [0.29, 0.717) is 0 Å². The molecule has 3 N–H and O–H groups in total. The van der Waals surface area contributed by atoms with Gasteiger partial charge in [-0.2, -0.15) is 0 Å². The molecule has 0 aliphatic heterocycles. The maximum atomic E-state index is 13.0. The molecule has 8 nitrogen and oxygen atoms in total. The standard InChI is InChI=1S/C23H20Cl3N3O5S/c1-3-19(35(33,34)14-6-4-12(2)5-7-14)23(32)27-16-11-18(30)17(10-15(16)24)28-22(31)13-8-20(25)29-21(26)9-13/h4-11,19,30H,3H2,1-2H3,(H,27,32)(H,28,31). The first-order valence-electron chi connectivity index (χ1n) is 10.2. The van der Waals surface area contributed by atoms with Crippen LogP contribution in [0.2, 0.25) is 15.3 Å². The second-order valence-electron chi connectivity index (χ2n) is 7.55. The fourth-order valence-corrected chi connectivity index (χ4v) is 5.49. The fourth-order valence-electron chi connectivity index (χ4n) is 3.20. The van der Waals surface area contributed by atoms with Gasteiger partial charge in [0.2, 0.25) is 5.91 Å². The number of amides is 2. The molecule has 0 spiro atoms. The number of hydrogen-bond donors (Lipinski definition) is 3. The van der Waals surface area contributed by atoms with E-state index in [-0.39, 0.29) is 43.6 Å². The molecule has 0 fully saturated rings. The normalized spacial score (nSPS) is 12.1. The van der Waals surface area contributed by atoms with Gasteiger partial charge in [0.15, 0.2) is 9.84 Å². The van der Waals surface area contributed by atoms with E-state index in [1.807, 2.05) is 6.92 Å². The highest BCUT2D eigenvalue weighted by atomic mass is 35.5. The number of nitrogens with one attached hydrogen (secondary N) is 2. The van der Waals surface area contributed by atoms with Gasteiger partial charge in [-0.3, -0.25) is 9.59 Å². The van der Waals surface area contributed by atoms with Crippen LogP contribution in [0.1, 0.15) is 29.3 Å². The second-order valence-corrected chi connectivity index (χ2v) is 10.9. The Balaban J connectivity index is 1.81. The van der Waals surface area contributed by atoms with Crippen molar-refractivity contribution in [1.29, 1.82) is 0 Å². The smallest absolute Gasteiger partial charge is 0.255 e. The van der Waals surface area contributed by atoms with Crippen molar-refractivity contribution in [2.75, 3.05) is 10.6 Å². The van der Waals surface area contributed by atoms with Gasteiger partial charge < -0.3 is 15.7 Å². The number of sulfone groups is 1. The number of hydrogen-bond acceptors (Lipinski definition) is 6. The predicted octanol–water partition coefficient (Wildman–Crippen LogP) is 5.50. The first-order chi connectivity index (χ1) is 16.4. The van der Waals surface area contributed by atoms with E-state index >= 15 is 0 Å². The zero-order valence-corrected chi connectivity index (χ0v) is 21.6. The SMILES string of the molecule is CCC(C(=O)Nc1cc(O)c(NC(=O)c2cc(Cl)nc(Cl)c2)cc1Cl)S(=O)(=O)c1ccc(C)cc1. The second kappa shape index (κ2) is 10.8. The van der Waals surface area contributed by atoms with Crippen LogP contribution in [0.4, 0.5) is 11.4 Å². The Morgan fingerprint density at radius 2 is 1.57 bits per heavy atom. The van der Waals surface area contributed by atoms with Crippen molar-refractivity contribution >= 4 is 67.8 Å². The van der Waals surface area contributed by atoms with Gasteiger partial charge in [-0.15, -0.1) is 0 Å². The summed E-state index contributed by atoms with van der Waals surface area (Å²) < 4.78 is 26.0. The maximum absolute atomic E-state index is 13.0. The third-order valence-electron chi connectivity index (χ3n) is 5.00. The number of carbonyl (C=O) groups excluding carboxylic acids is 2. The minimum Gasteiger partial charge on any atom is -0.506 e. The fraction of sp³-hybridized carbons (Fsp3) is 0.174. The molecule has 1 heterocycles. The number of halogens is 3. The summed E-state index contributed by atoms with van der Waals surface area (Å²) in [6, 6.07) is 11.1. The highest BCUT2D eigenvalue weighted by molar-refractivity contribution is 7.92. The van der Waals surface area contributed by atoms with Crippen LogP contribution in [0.3, 0.4) is 0 Å². The number of rotatable bonds is 7. The number of pyridine rings is 1. The first kappa shape index (κ1) is 26.7.